The molecule has 0 N–H and O–H groups in total. The number of fused-ring (bicyclic) bond motifs is 1. The summed E-state index contributed by atoms with van der Waals surface area (Å²) in [4.78, 5) is 29.8. The van der Waals surface area contributed by atoms with Gasteiger partial charge in [-0.15, -0.1) is 0 Å². The number of ether oxygens (including phenoxy) is 4. The first-order valence-electron chi connectivity index (χ1n) is 12.0. The lowest BCUT2D eigenvalue weighted by Gasteiger charge is -2.26. The molecule has 8 nitrogen and oxygen atoms in total. The highest BCUT2D eigenvalue weighted by atomic mass is 16.5. The second-order valence-corrected chi connectivity index (χ2v) is 8.56. The number of benzene rings is 3. The van der Waals surface area contributed by atoms with Crippen LogP contribution in [-0.2, 0) is 4.74 Å². The Hall–Kier alpha value is -3.88. The predicted octanol–water partition coefficient (Wildman–Crippen LogP) is 4.39. The van der Waals surface area contributed by atoms with E-state index in [0.29, 0.717) is 46.4 Å². The summed E-state index contributed by atoms with van der Waals surface area (Å²) in [7, 11) is 1.54. The van der Waals surface area contributed by atoms with Gasteiger partial charge in [0.05, 0.1) is 43.7 Å². The van der Waals surface area contributed by atoms with Crippen molar-refractivity contribution in [1.29, 1.82) is 0 Å². The van der Waals surface area contributed by atoms with E-state index in [0.717, 1.165) is 44.2 Å². The summed E-state index contributed by atoms with van der Waals surface area (Å²) in [5.74, 6) is 1.37. The molecule has 0 bridgehead atoms. The normalized spacial score (nSPS) is 15.6. The van der Waals surface area contributed by atoms with Crippen molar-refractivity contribution in [2.45, 2.75) is 6.42 Å². The third kappa shape index (κ3) is 5.05. The Balaban J connectivity index is 1.27. The lowest BCUT2D eigenvalue weighted by atomic mass is 10.1. The molecule has 0 saturated carbocycles. The molecule has 2 heterocycles. The molecule has 2 amide bonds. The molecular weight excluding hydrogens is 460 g/mol. The highest BCUT2D eigenvalue weighted by Crippen LogP contribution is 2.37. The Kier molecular flexibility index (Phi) is 7.16. The first kappa shape index (κ1) is 23.8. The number of para-hydroxylation sites is 1. The Bertz CT molecular complexity index is 1240. The number of hydrogen-bond acceptors (Lipinski definition) is 7. The fraction of sp³-hybridized carbons (Fsp3) is 0.286. The van der Waals surface area contributed by atoms with Crippen molar-refractivity contribution in [1.82, 2.24) is 4.90 Å². The molecule has 2 aliphatic rings. The van der Waals surface area contributed by atoms with Crippen molar-refractivity contribution in [2.75, 3.05) is 51.5 Å². The summed E-state index contributed by atoms with van der Waals surface area (Å²) in [6.45, 7) is 4.90. The van der Waals surface area contributed by atoms with Gasteiger partial charge in [-0.05, 0) is 48.9 Å². The molecule has 0 radical (unpaired) electrons. The Labute approximate surface area is 209 Å². The molecular formula is C28H28N2O6. The van der Waals surface area contributed by atoms with Gasteiger partial charge >= 0.3 is 0 Å². The quantitative estimate of drug-likeness (QED) is 0.327. The molecule has 3 aromatic rings. The van der Waals surface area contributed by atoms with E-state index in [1.54, 1.807) is 36.4 Å². The molecule has 186 valence electrons. The van der Waals surface area contributed by atoms with E-state index in [1.807, 2.05) is 30.3 Å². The second kappa shape index (κ2) is 10.8. The van der Waals surface area contributed by atoms with E-state index in [1.165, 1.54) is 7.11 Å². The van der Waals surface area contributed by atoms with Crippen LogP contribution >= 0.6 is 0 Å². The van der Waals surface area contributed by atoms with Crippen molar-refractivity contribution in [3.05, 3.63) is 77.9 Å². The third-order valence-corrected chi connectivity index (χ3v) is 6.22. The number of amides is 2. The van der Waals surface area contributed by atoms with Crippen LogP contribution in [0.2, 0.25) is 0 Å². The number of nitrogens with zero attached hydrogens (tertiary/aromatic N) is 2. The van der Waals surface area contributed by atoms with E-state index < -0.39 is 5.91 Å². The Morgan fingerprint density at radius 2 is 1.61 bits per heavy atom. The zero-order valence-electron chi connectivity index (χ0n) is 20.1. The molecule has 2 aliphatic heterocycles. The zero-order valence-corrected chi connectivity index (χ0v) is 20.1. The summed E-state index contributed by atoms with van der Waals surface area (Å²) >= 11 is 0. The molecule has 0 aromatic heterocycles. The largest absolute Gasteiger partial charge is 0.493 e. The number of carbonyl (C=O) groups excluding carboxylic acids is 2. The lowest BCUT2D eigenvalue weighted by Crippen LogP contribution is -2.37. The van der Waals surface area contributed by atoms with Gasteiger partial charge in [0.2, 0.25) is 0 Å². The standard InChI is InChI=1S/C28H28N2O6/c1-33-26-18-20(8-11-25(26)35-15-5-12-29-13-16-34-17-14-29)30-27(31)23-10-9-22(19-24(23)28(30)32)36-21-6-3-2-4-7-21/h2-4,6-11,18-19H,5,12-17H2,1H3. The van der Waals surface area contributed by atoms with Crippen LogP contribution in [0.15, 0.2) is 66.7 Å². The minimum Gasteiger partial charge on any atom is -0.493 e. The van der Waals surface area contributed by atoms with Crippen LogP contribution in [-0.4, -0.2) is 63.3 Å². The molecule has 0 unspecified atom stereocenters. The third-order valence-electron chi connectivity index (χ3n) is 6.22. The number of anilines is 1. The van der Waals surface area contributed by atoms with Crippen LogP contribution in [0, 0.1) is 0 Å². The maximum atomic E-state index is 13.2. The number of hydrogen-bond donors (Lipinski definition) is 0. The highest BCUT2D eigenvalue weighted by molar-refractivity contribution is 6.34. The van der Waals surface area contributed by atoms with Gasteiger partial charge in [-0.2, -0.15) is 0 Å². The average molecular weight is 489 g/mol. The monoisotopic (exact) mass is 488 g/mol. The number of morpholine rings is 1. The molecule has 36 heavy (non-hydrogen) atoms. The second-order valence-electron chi connectivity index (χ2n) is 8.56. The number of rotatable bonds is 9. The highest BCUT2D eigenvalue weighted by Gasteiger charge is 2.37. The molecule has 0 aliphatic carbocycles. The fourth-order valence-corrected chi connectivity index (χ4v) is 4.35. The molecule has 1 saturated heterocycles. The van der Waals surface area contributed by atoms with Gasteiger partial charge in [0, 0.05) is 25.7 Å². The van der Waals surface area contributed by atoms with Crippen molar-refractivity contribution in [3.63, 3.8) is 0 Å². The SMILES string of the molecule is COc1cc(N2C(=O)c3ccc(Oc4ccccc4)cc3C2=O)ccc1OCCCN1CCOCC1. The average Bonchev–Trinajstić information content (AvgIpc) is 3.17. The van der Waals surface area contributed by atoms with E-state index >= 15 is 0 Å². The predicted molar refractivity (Wildman–Crippen MR) is 134 cm³/mol. The summed E-state index contributed by atoms with van der Waals surface area (Å²) < 4.78 is 22.7. The van der Waals surface area contributed by atoms with Crippen molar-refractivity contribution in [2.24, 2.45) is 0 Å². The maximum Gasteiger partial charge on any atom is 0.266 e. The minimum atomic E-state index is -0.408. The molecule has 1 fully saturated rings. The van der Waals surface area contributed by atoms with Crippen LogP contribution in [0.3, 0.4) is 0 Å². The Morgan fingerprint density at radius 1 is 0.833 bits per heavy atom. The molecule has 8 heteroatoms. The van der Waals surface area contributed by atoms with E-state index in [4.69, 9.17) is 18.9 Å². The van der Waals surface area contributed by atoms with Crippen LogP contribution in [0.4, 0.5) is 5.69 Å². The summed E-state index contributed by atoms with van der Waals surface area (Å²) in [5, 5.41) is 0. The summed E-state index contributed by atoms with van der Waals surface area (Å²) in [6, 6.07) is 19.3. The first-order valence-corrected chi connectivity index (χ1v) is 12.0. The van der Waals surface area contributed by atoms with Crippen LogP contribution in [0.5, 0.6) is 23.0 Å². The van der Waals surface area contributed by atoms with Gasteiger partial charge in [-0.25, -0.2) is 4.90 Å². The zero-order chi connectivity index (χ0) is 24.9. The topological polar surface area (TPSA) is 77.5 Å². The van der Waals surface area contributed by atoms with Gasteiger partial charge in [-0.3, -0.25) is 14.5 Å². The molecule has 0 atom stereocenters. The fourth-order valence-electron chi connectivity index (χ4n) is 4.35. The maximum absolute atomic E-state index is 13.2. The number of carbonyl (C=O) groups is 2. The molecule has 0 spiro atoms. The van der Waals surface area contributed by atoms with E-state index in [2.05, 4.69) is 4.90 Å². The van der Waals surface area contributed by atoms with Crippen LogP contribution in [0.25, 0.3) is 0 Å². The minimum absolute atomic E-state index is 0.302. The van der Waals surface area contributed by atoms with Gasteiger partial charge in [0.25, 0.3) is 11.8 Å². The van der Waals surface area contributed by atoms with E-state index in [9.17, 15) is 9.59 Å². The summed E-state index contributed by atoms with van der Waals surface area (Å²) in [5.41, 5.74) is 1.06. The van der Waals surface area contributed by atoms with Gasteiger partial charge in [0.1, 0.15) is 11.5 Å². The first-order chi connectivity index (χ1) is 17.6. The van der Waals surface area contributed by atoms with Crippen molar-refractivity contribution in [3.8, 4) is 23.0 Å². The number of methoxy groups -OCH3 is 1. The van der Waals surface area contributed by atoms with Crippen LogP contribution < -0.4 is 19.1 Å². The molecule has 5 rings (SSSR count). The molecule has 3 aromatic carbocycles. The lowest BCUT2D eigenvalue weighted by molar-refractivity contribution is 0.0357. The van der Waals surface area contributed by atoms with Gasteiger partial charge in [-0.1, -0.05) is 18.2 Å². The van der Waals surface area contributed by atoms with Gasteiger partial charge in [0.15, 0.2) is 11.5 Å². The number of imide groups is 1. The van der Waals surface area contributed by atoms with Crippen molar-refractivity contribution >= 4 is 17.5 Å². The Morgan fingerprint density at radius 3 is 2.39 bits per heavy atom. The summed E-state index contributed by atoms with van der Waals surface area (Å²) in [6.07, 6.45) is 0.872. The van der Waals surface area contributed by atoms with Gasteiger partial charge < -0.3 is 18.9 Å². The van der Waals surface area contributed by atoms with E-state index in [-0.39, 0.29) is 5.91 Å². The van der Waals surface area contributed by atoms with Crippen LogP contribution in [0.1, 0.15) is 27.1 Å². The smallest absolute Gasteiger partial charge is 0.266 e. The van der Waals surface area contributed by atoms with Crippen molar-refractivity contribution < 1.29 is 28.5 Å².